The summed E-state index contributed by atoms with van der Waals surface area (Å²) < 4.78 is 25.9. The second-order valence-corrected chi connectivity index (χ2v) is 6.06. The van der Waals surface area contributed by atoms with E-state index in [0.717, 1.165) is 5.56 Å². The van der Waals surface area contributed by atoms with Gasteiger partial charge in [0.25, 0.3) is 0 Å². The molecule has 0 atom stereocenters. The summed E-state index contributed by atoms with van der Waals surface area (Å²) in [5.74, 6) is 0.559. The molecule has 152 valence electrons. The molecule has 9 nitrogen and oxygen atoms in total. The zero-order valence-electron chi connectivity index (χ0n) is 16.1. The molecule has 1 amide bonds. The Labute approximate surface area is 166 Å². The molecule has 0 unspecified atom stereocenters. The van der Waals surface area contributed by atoms with Gasteiger partial charge in [-0.25, -0.2) is 9.07 Å². The highest BCUT2D eigenvalue weighted by Crippen LogP contribution is 2.27. The number of amides is 1. The molecular weight excluding hydrogens is 379 g/mol. The van der Waals surface area contributed by atoms with Gasteiger partial charge in [0, 0.05) is 6.54 Å². The van der Waals surface area contributed by atoms with Crippen LogP contribution in [-0.2, 0) is 11.2 Å². The van der Waals surface area contributed by atoms with Crippen molar-refractivity contribution in [1.29, 1.82) is 0 Å². The molecule has 29 heavy (non-hydrogen) atoms. The number of ether oxygens (including phenoxy) is 2. The van der Waals surface area contributed by atoms with E-state index in [4.69, 9.17) is 9.47 Å². The topological polar surface area (TPSA) is 103 Å². The number of halogens is 1. The van der Waals surface area contributed by atoms with E-state index >= 15 is 0 Å². The van der Waals surface area contributed by atoms with Crippen LogP contribution in [0.2, 0.25) is 0 Å². The fourth-order valence-corrected chi connectivity index (χ4v) is 2.69. The predicted octanol–water partition coefficient (Wildman–Crippen LogP) is 1.59. The summed E-state index contributed by atoms with van der Waals surface area (Å²) in [6.07, 6.45) is 2.02. The zero-order chi connectivity index (χ0) is 20.6. The Balaban J connectivity index is 1.50. The van der Waals surface area contributed by atoms with Crippen molar-refractivity contribution in [1.82, 2.24) is 25.5 Å². The number of carbonyl (C=O) groups is 1. The maximum absolute atomic E-state index is 14.0. The van der Waals surface area contributed by atoms with Crippen molar-refractivity contribution in [3.63, 3.8) is 0 Å². The van der Waals surface area contributed by atoms with Crippen molar-refractivity contribution >= 4 is 11.6 Å². The van der Waals surface area contributed by atoms with E-state index in [0.29, 0.717) is 30.2 Å². The molecule has 3 aromatic rings. The quantitative estimate of drug-likeness (QED) is 0.562. The second kappa shape index (κ2) is 9.49. The summed E-state index contributed by atoms with van der Waals surface area (Å²) in [5, 5.41) is 16.4. The lowest BCUT2D eigenvalue weighted by Gasteiger charge is -2.11. The fraction of sp³-hybridized carbons (Fsp3) is 0.263. The molecule has 10 heteroatoms. The number of hydrogen-bond donors (Lipinski definition) is 2. The largest absolute Gasteiger partial charge is 0.493 e. The number of carbonyl (C=O) groups excluding carboxylic acids is 1. The maximum Gasteiger partial charge on any atom is 0.239 e. The van der Waals surface area contributed by atoms with Gasteiger partial charge in [-0.05, 0) is 52.7 Å². The van der Waals surface area contributed by atoms with E-state index in [9.17, 15) is 9.18 Å². The monoisotopic (exact) mass is 400 g/mol. The van der Waals surface area contributed by atoms with E-state index in [1.54, 1.807) is 20.3 Å². The molecule has 0 aliphatic carbocycles. The summed E-state index contributed by atoms with van der Waals surface area (Å²) in [6.45, 7) is 0.366. The van der Waals surface area contributed by atoms with Crippen LogP contribution in [-0.4, -0.2) is 53.4 Å². The first-order valence-electron chi connectivity index (χ1n) is 8.85. The SMILES string of the molecule is COc1ccc(CCNC(=O)CNc2cc(-n3cnnn3)ccc2F)cc1OC. The molecule has 0 saturated heterocycles. The van der Waals surface area contributed by atoms with E-state index in [1.165, 1.54) is 23.1 Å². The minimum Gasteiger partial charge on any atom is -0.493 e. The molecule has 0 aliphatic rings. The van der Waals surface area contributed by atoms with Gasteiger partial charge >= 0.3 is 0 Å². The van der Waals surface area contributed by atoms with E-state index < -0.39 is 5.82 Å². The van der Waals surface area contributed by atoms with Crippen molar-refractivity contribution < 1.29 is 18.7 Å². The van der Waals surface area contributed by atoms with Crippen LogP contribution in [0.25, 0.3) is 5.69 Å². The lowest BCUT2D eigenvalue weighted by Crippen LogP contribution is -2.31. The van der Waals surface area contributed by atoms with Crippen LogP contribution in [0.15, 0.2) is 42.7 Å². The van der Waals surface area contributed by atoms with Crippen molar-refractivity contribution in [3.05, 3.63) is 54.1 Å². The van der Waals surface area contributed by atoms with Gasteiger partial charge in [-0.3, -0.25) is 4.79 Å². The number of methoxy groups -OCH3 is 2. The predicted molar refractivity (Wildman–Crippen MR) is 104 cm³/mol. The first-order chi connectivity index (χ1) is 14.1. The molecule has 0 radical (unpaired) electrons. The number of tetrazole rings is 1. The molecule has 1 heterocycles. The Morgan fingerprint density at radius 1 is 1.14 bits per heavy atom. The van der Waals surface area contributed by atoms with Gasteiger partial charge in [0.15, 0.2) is 11.5 Å². The van der Waals surface area contributed by atoms with Crippen molar-refractivity contribution in [2.75, 3.05) is 32.6 Å². The molecule has 0 spiro atoms. The second-order valence-electron chi connectivity index (χ2n) is 6.06. The van der Waals surface area contributed by atoms with Crippen LogP contribution in [0.5, 0.6) is 11.5 Å². The standard InChI is InChI=1S/C19H21FN6O3/c1-28-17-6-3-13(9-18(17)29-2)7-8-21-19(27)11-22-16-10-14(4-5-15(16)20)26-12-23-24-25-26/h3-6,9-10,12,22H,7-8,11H2,1-2H3,(H,21,27). The van der Waals surface area contributed by atoms with Crippen LogP contribution in [0.3, 0.4) is 0 Å². The minimum atomic E-state index is -0.472. The smallest absolute Gasteiger partial charge is 0.239 e. The van der Waals surface area contributed by atoms with E-state index in [2.05, 4.69) is 26.2 Å². The van der Waals surface area contributed by atoms with Crippen LogP contribution in [0, 0.1) is 5.82 Å². The minimum absolute atomic E-state index is 0.0675. The summed E-state index contributed by atoms with van der Waals surface area (Å²) in [4.78, 5) is 12.1. The van der Waals surface area contributed by atoms with Crippen LogP contribution in [0.4, 0.5) is 10.1 Å². The summed E-state index contributed by atoms with van der Waals surface area (Å²) >= 11 is 0. The van der Waals surface area contributed by atoms with Crippen molar-refractivity contribution in [3.8, 4) is 17.2 Å². The third kappa shape index (κ3) is 5.18. The number of nitrogens with one attached hydrogen (secondary N) is 2. The Bertz CT molecular complexity index is 965. The Hall–Kier alpha value is -3.69. The number of benzene rings is 2. The number of rotatable bonds is 9. The lowest BCUT2D eigenvalue weighted by molar-refractivity contribution is -0.119. The van der Waals surface area contributed by atoms with Crippen LogP contribution >= 0.6 is 0 Å². The van der Waals surface area contributed by atoms with Gasteiger partial charge < -0.3 is 20.1 Å². The highest BCUT2D eigenvalue weighted by molar-refractivity contribution is 5.80. The molecule has 2 N–H and O–H groups in total. The Morgan fingerprint density at radius 2 is 1.97 bits per heavy atom. The van der Waals surface area contributed by atoms with Gasteiger partial charge in [0.05, 0.1) is 32.1 Å². The summed E-state index contributed by atoms with van der Waals surface area (Å²) in [7, 11) is 3.15. The average Bonchev–Trinajstić information content (AvgIpc) is 3.28. The van der Waals surface area contributed by atoms with Gasteiger partial charge in [-0.1, -0.05) is 6.07 Å². The third-order valence-electron chi connectivity index (χ3n) is 4.19. The first-order valence-corrected chi connectivity index (χ1v) is 8.85. The number of anilines is 1. The van der Waals surface area contributed by atoms with Gasteiger partial charge in [-0.15, -0.1) is 5.10 Å². The number of aromatic nitrogens is 4. The van der Waals surface area contributed by atoms with E-state index in [-0.39, 0.29) is 18.1 Å². The molecule has 0 saturated carbocycles. The molecular formula is C19H21FN6O3. The van der Waals surface area contributed by atoms with Gasteiger partial charge in [0.1, 0.15) is 12.1 Å². The van der Waals surface area contributed by atoms with Crippen LogP contribution in [0.1, 0.15) is 5.56 Å². The van der Waals surface area contributed by atoms with Crippen molar-refractivity contribution in [2.45, 2.75) is 6.42 Å². The lowest BCUT2D eigenvalue weighted by atomic mass is 10.1. The third-order valence-corrected chi connectivity index (χ3v) is 4.19. The van der Waals surface area contributed by atoms with E-state index in [1.807, 2.05) is 18.2 Å². The fourth-order valence-electron chi connectivity index (χ4n) is 2.69. The average molecular weight is 400 g/mol. The molecule has 3 rings (SSSR count). The molecule has 0 fully saturated rings. The summed E-state index contributed by atoms with van der Waals surface area (Å²) in [5.41, 5.74) is 1.76. The molecule has 2 aromatic carbocycles. The first kappa shape index (κ1) is 20.1. The zero-order valence-corrected chi connectivity index (χ0v) is 16.1. The maximum atomic E-state index is 14.0. The van der Waals surface area contributed by atoms with Gasteiger partial charge in [0.2, 0.25) is 5.91 Å². The molecule has 0 bridgehead atoms. The highest BCUT2D eigenvalue weighted by Gasteiger charge is 2.09. The Kier molecular flexibility index (Phi) is 6.56. The molecule has 1 aromatic heterocycles. The number of nitrogens with zero attached hydrogens (tertiary/aromatic N) is 4. The number of hydrogen-bond acceptors (Lipinski definition) is 7. The Morgan fingerprint density at radius 3 is 2.69 bits per heavy atom. The summed E-state index contributed by atoms with van der Waals surface area (Å²) in [6, 6.07) is 9.95. The van der Waals surface area contributed by atoms with Crippen LogP contribution < -0.4 is 20.1 Å². The van der Waals surface area contributed by atoms with Crippen molar-refractivity contribution in [2.24, 2.45) is 0 Å². The highest BCUT2D eigenvalue weighted by atomic mass is 19.1. The van der Waals surface area contributed by atoms with Gasteiger partial charge in [-0.2, -0.15) is 0 Å². The normalized spacial score (nSPS) is 10.4. The molecule has 0 aliphatic heterocycles.